The third-order valence-electron chi connectivity index (χ3n) is 6.47. The molecule has 8 nitrogen and oxygen atoms in total. The van der Waals surface area contributed by atoms with Gasteiger partial charge in [-0.15, -0.1) is 0 Å². The number of nitrogens with zero attached hydrogens (tertiary/aromatic N) is 2. The zero-order valence-electron chi connectivity index (χ0n) is 21.1. The molecule has 1 N–H and O–H groups in total. The topological polar surface area (TPSA) is 93.8 Å². The number of fused-ring (bicyclic) bond motifs is 1. The number of aromatic nitrogens is 2. The molecule has 4 aromatic rings. The zero-order chi connectivity index (χ0) is 26.1. The average Bonchev–Trinajstić information content (AvgIpc) is 3.48. The van der Waals surface area contributed by atoms with Crippen molar-refractivity contribution < 1.29 is 23.8 Å². The van der Waals surface area contributed by atoms with Gasteiger partial charge in [0.15, 0.2) is 11.5 Å². The lowest BCUT2D eigenvalue weighted by atomic mass is 9.95. The summed E-state index contributed by atoms with van der Waals surface area (Å²) in [6.45, 7) is 4.07. The van der Waals surface area contributed by atoms with Crippen LogP contribution in [-0.2, 0) is 4.74 Å². The molecule has 2 heterocycles. The second kappa shape index (κ2) is 9.81. The monoisotopic (exact) mass is 497 g/mol. The number of methoxy groups -OCH3 is 2. The highest BCUT2D eigenvalue weighted by atomic mass is 16.5. The fraction of sp³-hybridized carbons (Fsp3) is 0.207. The standard InChI is InChI=1S/C29H27N3O5/c1-5-37-29(34)19-10-13-21(14-11-19)32-27(20-12-15-22(35-3)23(16-20)36-4)24-25(30-31-26(24)28(32)33)18-8-6-17(2)7-9-18/h6-16,27H,5H2,1-4H3,(H,30,31)/t27-/m1/s1. The summed E-state index contributed by atoms with van der Waals surface area (Å²) in [5.41, 5.74) is 5.81. The number of aryl methyl sites for hydroxylation is 1. The number of benzene rings is 3. The molecule has 1 amide bonds. The summed E-state index contributed by atoms with van der Waals surface area (Å²) in [5.74, 6) is 0.518. The maximum Gasteiger partial charge on any atom is 0.338 e. The van der Waals surface area contributed by atoms with Crippen LogP contribution in [-0.4, -0.2) is 42.9 Å². The third-order valence-corrected chi connectivity index (χ3v) is 6.47. The Morgan fingerprint density at radius 1 is 0.973 bits per heavy atom. The van der Waals surface area contributed by atoms with Gasteiger partial charge in [-0.05, 0) is 55.8 Å². The molecule has 0 spiro atoms. The minimum absolute atomic E-state index is 0.218. The lowest BCUT2D eigenvalue weighted by molar-refractivity contribution is 0.0526. The van der Waals surface area contributed by atoms with E-state index >= 15 is 0 Å². The van der Waals surface area contributed by atoms with Crippen molar-refractivity contribution in [3.05, 3.63) is 94.7 Å². The van der Waals surface area contributed by atoms with Crippen molar-refractivity contribution in [3.63, 3.8) is 0 Å². The number of aromatic amines is 1. The molecule has 0 saturated carbocycles. The van der Waals surface area contributed by atoms with Gasteiger partial charge in [0.1, 0.15) is 5.69 Å². The van der Waals surface area contributed by atoms with Crippen molar-refractivity contribution >= 4 is 17.6 Å². The van der Waals surface area contributed by atoms with Crippen LogP contribution >= 0.6 is 0 Å². The van der Waals surface area contributed by atoms with Crippen molar-refractivity contribution in [2.75, 3.05) is 25.7 Å². The van der Waals surface area contributed by atoms with Crippen LogP contribution < -0.4 is 14.4 Å². The fourth-order valence-corrected chi connectivity index (χ4v) is 4.66. The molecule has 188 valence electrons. The summed E-state index contributed by atoms with van der Waals surface area (Å²) >= 11 is 0. The number of hydrogen-bond donors (Lipinski definition) is 1. The van der Waals surface area contributed by atoms with Crippen molar-refractivity contribution in [1.82, 2.24) is 10.2 Å². The molecule has 0 radical (unpaired) electrons. The van der Waals surface area contributed by atoms with E-state index in [2.05, 4.69) is 10.2 Å². The van der Waals surface area contributed by atoms with Gasteiger partial charge in [-0.3, -0.25) is 14.8 Å². The zero-order valence-corrected chi connectivity index (χ0v) is 21.1. The van der Waals surface area contributed by atoms with Gasteiger partial charge in [-0.1, -0.05) is 35.9 Å². The molecule has 8 heteroatoms. The highest BCUT2D eigenvalue weighted by Gasteiger charge is 2.43. The number of ether oxygens (including phenoxy) is 3. The average molecular weight is 498 g/mol. The smallest absolute Gasteiger partial charge is 0.338 e. The second-order valence-electron chi connectivity index (χ2n) is 8.69. The lowest BCUT2D eigenvalue weighted by Gasteiger charge is -2.27. The van der Waals surface area contributed by atoms with E-state index in [0.29, 0.717) is 34.1 Å². The van der Waals surface area contributed by atoms with Gasteiger partial charge in [0, 0.05) is 16.8 Å². The predicted molar refractivity (Wildman–Crippen MR) is 139 cm³/mol. The van der Waals surface area contributed by atoms with Crippen molar-refractivity contribution in [3.8, 4) is 22.8 Å². The van der Waals surface area contributed by atoms with E-state index in [1.807, 2.05) is 49.4 Å². The maximum absolute atomic E-state index is 13.8. The second-order valence-corrected chi connectivity index (χ2v) is 8.69. The molecule has 5 rings (SSSR count). The first-order valence-electron chi connectivity index (χ1n) is 11.9. The first-order chi connectivity index (χ1) is 18.0. The van der Waals surface area contributed by atoms with E-state index in [0.717, 1.165) is 22.3 Å². The van der Waals surface area contributed by atoms with Crippen LogP contribution in [0.2, 0.25) is 0 Å². The molecule has 0 saturated heterocycles. The Bertz CT molecular complexity index is 1460. The number of carbonyl (C=O) groups excluding carboxylic acids is 2. The van der Waals surface area contributed by atoms with Crippen LogP contribution in [0.4, 0.5) is 5.69 Å². The molecular formula is C29H27N3O5. The van der Waals surface area contributed by atoms with Crippen LogP contribution in [0.25, 0.3) is 11.3 Å². The van der Waals surface area contributed by atoms with Crippen LogP contribution in [0.5, 0.6) is 11.5 Å². The van der Waals surface area contributed by atoms with Gasteiger partial charge in [-0.25, -0.2) is 4.79 Å². The Labute approximate surface area is 214 Å². The molecule has 0 fully saturated rings. The van der Waals surface area contributed by atoms with E-state index in [1.54, 1.807) is 50.3 Å². The van der Waals surface area contributed by atoms with Gasteiger partial charge in [0.25, 0.3) is 5.91 Å². The first-order valence-corrected chi connectivity index (χ1v) is 11.9. The number of esters is 1. The predicted octanol–water partition coefficient (Wildman–Crippen LogP) is 5.33. The van der Waals surface area contributed by atoms with Crippen LogP contribution in [0.3, 0.4) is 0 Å². The van der Waals surface area contributed by atoms with Crippen LogP contribution in [0, 0.1) is 6.92 Å². The number of hydrogen-bond acceptors (Lipinski definition) is 6. The molecule has 1 aliphatic rings. The summed E-state index contributed by atoms with van der Waals surface area (Å²) in [7, 11) is 3.16. The minimum atomic E-state index is -0.495. The van der Waals surface area contributed by atoms with E-state index in [1.165, 1.54) is 0 Å². The summed E-state index contributed by atoms with van der Waals surface area (Å²) in [5, 5.41) is 7.51. The van der Waals surface area contributed by atoms with E-state index in [9.17, 15) is 9.59 Å². The molecule has 1 aromatic heterocycles. The molecule has 0 unspecified atom stereocenters. The summed E-state index contributed by atoms with van der Waals surface area (Å²) in [6, 6.07) is 20.0. The fourth-order valence-electron chi connectivity index (χ4n) is 4.66. The highest BCUT2D eigenvalue weighted by molar-refractivity contribution is 6.12. The number of H-pyrrole nitrogens is 1. The van der Waals surface area contributed by atoms with Gasteiger partial charge < -0.3 is 14.2 Å². The Balaban J connectivity index is 1.66. The Hall–Kier alpha value is -4.59. The molecule has 1 aliphatic heterocycles. The molecule has 1 atom stereocenters. The van der Waals surface area contributed by atoms with Gasteiger partial charge >= 0.3 is 5.97 Å². The Morgan fingerprint density at radius 2 is 1.68 bits per heavy atom. The Kier molecular flexibility index (Phi) is 6.40. The number of rotatable bonds is 7. The largest absolute Gasteiger partial charge is 0.493 e. The van der Waals surface area contributed by atoms with Gasteiger partial charge in [0.2, 0.25) is 0 Å². The van der Waals surface area contributed by atoms with Crippen LogP contribution in [0.15, 0.2) is 66.7 Å². The quantitative estimate of drug-likeness (QED) is 0.347. The van der Waals surface area contributed by atoms with Crippen LogP contribution in [0.1, 0.15) is 50.5 Å². The molecule has 0 bridgehead atoms. The highest BCUT2D eigenvalue weighted by Crippen LogP contribution is 2.46. The van der Waals surface area contributed by atoms with E-state index in [-0.39, 0.29) is 12.5 Å². The van der Waals surface area contributed by atoms with Crippen molar-refractivity contribution in [2.24, 2.45) is 0 Å². The molecule has 0 aliphatic carbocycles. The molecule has 3 aromatic carbocycles. The SMILES string of the molecule is CCOC(=O)c1ccc(N2C(=O)c3[nH]nc(-c4ccc(C)cc4)c3[C@H]2c2ccc(OC)c(OC)c2)cc1. The molecule has 37 heavy (non-hydrogen) atoms. The lowest BCUT2D eigenvalue weighted by Crippen LogP contribution is -2.29. The third kappa shape index (κ3) is 4.20. The molecular weight excluding hydrogens is 470 g/mol. The van der Waals surface area contributed by atoms with Crippen molar-refractivity contribution in [1.29, 1.82) is 0 Å². The van der Waals surface area contributed by atoms with Gasteiger partial charge in [-0.2, -0.15) is 5.10 Å². The summed E-state index contributed by atoms with van der Waals surface area (Å²) in [4.78, 5) is 27.7. The van der Waals surface area contributed by atoms with Gasteiger partial charge in [0.05, 0.1) is 38.1 Å². The van der Waals surface area contributed by atoms with Crippen molar-refractivity contribution in [2.45, 2.75) is 19.9 Å². The Morgan fingerprint density at radius 3 is 2.32 bits per heavy atom. The summed E-state index contributed by atoms with van der Waals surface area (Å²) in [6.07, 6.45) is 0. The number of anilines is 1. The summed E-state index contributed by atoms with van der Waals surface area (Å²) < 4.78 is 16.1. The van der Waals surface area contributed by atoms with E-state index < -0.39 is 12.0 Å². The first kappa shape index (κ1) is 24.1. The van der Waals surface area contributed by atoms with E-state index in [4.69, 9.17) is 14.2 Å². The maximum atomic E-state index is 13.8. The number of nitrogens with one attached hydrogen (secondary N) is 1. The number of carbonyl (C=O) groups is 2. The minimum Gasteiger partial charge on any atom is -0.493 e. The number of amides is 1. The normalized spacial score (nSPS) is 14.4.